The molecule has 0 saturated carbocycles. The summed E-state index contributed by atoms with van der Waals surface area (Å²) in [6, 6.07) is 0.312. The van der Waals surface area contributed by atoms with Gasteiger partial charge in [-0.1, -0.05) is 13.8 Å². The second-order valence-corrected chi connectivity index (χ2v) is 7.85. The van der Waals surface area contributed by atoms with Crippen LogP contribution in [0.15, 0.2) is 0 Å². The first-order valence-electron chi connectivity index (χ1n) is 7.93. The summed E-state index contributed by atoms with van der Waals surface area (Å²) in [4.78, 5) is 11.7. The molecule has 0 bridgehead atoms. The van der Waals surface area contributed by atoms with Crippen LogP contribution in [0, 0.1) is 5.92 Å². The van der Waals surface area contributed by atoms with Crippen molar-refractivity contribution in [3.8, 4) is 0 Å². The monoisotopic (exact) mass is 318 g/mol. The second-order valence-electron chi connectivity index (χ2n) is 6.86. The summed E-state index contributed by atoms with van der Waals surface area (Å²) in [5, 5.41) is 6.42. The van der Waals surface area contributed by atoms with E-state index in [0.717, 1.165) is 13.0 Å². The lowest BCUT2D eigenvalue weighted by Gasteiger charge is -2.23. The molecule has 0 aliphatic rings. The average Bonchev–Trinajstić information content (AvgIpc) is 2.32. The zero-order valence-corrected chi connectivity index (χ0v) is 15.4. The van der Waals surface area contributed by atoms with E-state index in [-0.39, 0.29) is 6.09 Å². The van der Waals surface area contributed by atoms with Crippen LogP contribution in [0.5, 0.6) is 0 Å². The van der Waals surface area contributed by atoms with E-state index in [9.17, 15) is 4.79 Å². The van der Waals surface area contributed by atoms with Crippen LogP contribution in [0.4, 0.5) is 4.79 Å². The normalized spacial score (nSPS) is 13.3. The molecule has 1 unspecified atom stereocenters. The fourth-order valence-corrected chi connectivity index (χ4v) is 2.50. The molecule has 1 atom stereocenters. The third kappa shape index (κ3) is 14.3. The lowest BCUT2D eigenvalue weighted by atomic mass is 10.0. The van der Waals surface area contributed by atoms with Gasteiger partial charge in [0.2, 0.25) is 0 Å². The molecule has 0 aromatic heterocycles. The summed E-state index contributed by atoms with van der Waals surface area (Å²) in [7, 11) is 0. The SMILES string of the molecule is CSCCCCNC(CNC(=O)OC(C)(C)C)CC(C)C. The van der Waals surface area contributed by atoms with Crippen molar-refractivity contribution in [2.24, 2.45) is 5.92 Å². The number of ether oxygens (including phenoxy) is 1. The first-order chi connectivity index (χ1) is 9.74. The molecular formula is C16H34N2O2S. The first-order valence-corrected chi connectivity index (χ1v) is 9.33. The van der Waals surface area contributed by atoms with Crippen molar-refractivity contribution >= 4 is 17.9 Å². The van der Waals surface area contributed by atoms with Gasteiger partial charge in [0.05, 0.1) is 0 Å². The number of thioether (sulfide) groups is 1. The molecule has 0 aromatic carbocycles. The zero-order valence-electron chi connectivity index (χ0n) is 14.6. The maximum absolute atomic E-state index is 11.7. The van der Waals surface area contributed by atoms with E-state index in [4.69, 9.17) is 4.74 Å². The van der Waals surface area contributed by atoms with E-state index in [1.54, 1.807) is 0 Å². The van der Waals surface area contributed by atoms with Crippen molar-refractivity contribution in [1.82, 2.24) is 10.6 Å². The minimum absolute atomic E-state index is 0.312. The topological polar surface area (TPSA) is 50.4 Å². The number of rotatable bonds is 10. The Morgan fingerprint density at radius 2 is 1.90 bits per heavy atom. The predicted molar refractivity (Wildman–Crippen MR) is 93.1 cm³/mol. The summed E-state index contributed by atoms with van der Waals surface area (Å²) in [5.74, 6) is 1.82. The van der Waals surface area contributed by atoms with Gasteiger partial charge in [-0.15, -0.1) is 0 Å². The molecule has 0 aromatic rings. The fourth-order valence-electron chi connectivity index (χ4n) is 2.01. The molecule has 5 heteroatoms. The Morgan fingerprint density at radius 1 is 1.24 bits per heavy atom. The molecule has 126 valence electrons. The molecule has 0 spiro atoms. The number of hydrogen-bond donors (Lipinski definition) is 2. The number of unbranched alkanes of at least 4 members (excludes halogenated alkanes) is 1. The zero-order chi connectivity index (χ0) is 16.3. The van der Waals surface area contributed by atoms with Gasteiger partial charge < -0.3 is 15.4 Å². The van der Waals surface area contributed by atoms with Gasteiger partial charge >= 0.3 is 6.09 Å². The van der Waals surface area contributed by atoms with Gasteiger partial charge in [-0.05, 0) is 64.5 Å². The molecule has 0 heterocycles. The average molecular weight is 319 g/mol. The van der Waals surface area contributed by atoms with Crippen molar-refractivity contribution in [2.75, 3.05) is 25.1 Å². The van der Waals surface area contributed by atoms with E-state index < -0.39 is 5.60 Å². The Morgan fingerprint density at radius 3 is 2.43 bits per heavy atom. The summed E-state index contributed by atoms with van der Waals surface area (Å²) in [5.41, 5.74) is -0.442. The van der Waals surface area contributed by atoms with Gasteiger partial charge in [0.15, 0.2) is 0 Å². The molecule has 0 radical (unpaired) electrons. The highest BCUT2D eigenvalue weighted by molar-refractivity contribution is 7.98. The Balaban J connectivity index is 4.03. The summed E-state index contributed by atoms with van der Waals surface area (Å²) in [6.07, 6.45) is 5.28. The van der Waals surface area contributed by atoms with Crippen molar-refractivity contribution < 1.29 is 9.53 Å². The molecule has 0 aliphatic heterocycles. The van der Waals surface area contributed by atoms with Gasteiger partial charge in [-0.25, -0.2) is 4.79 Å². The standard InChI is InChI=1S/C16H34N2O2S/c1-13(2)11-14(17-9-7-8-10-21-6)12-18-15(19)20-16(3,4)5/h13-14,17H,7-12H2,1-6H3,(H,18,19). The molecular weight excluding hydrogens is 284 g/mol. The highest BCUT2D eigenvalue weighted by Gasteiger charge is 2.17. The molecule has 0 fully saturated rings. The summed E-state index contributed by atoms with van der Waals surface area (Å²) >= 11 is 1.89. The molecule has 1 amide bonds. The van der Waals surface area contributed by atoms with E-state index in [0.29, 0.717) is 18.5 Å². The number of alkyl carbamates (subject to hydrolysis) is 1. The Kier molecular flexibility index (Phi) is 11.0. The molecule has 21 heavy (non-hydrogen) atoms. The number of hydrogen-bond acceptors (Lipinski definition) is 4. The maximum Gasteiger partial charge on any atom is 0.407 e. The smallest absolute Gasteiger partial charge is 0.407 e. The molecule has 0 aliphatic carbocycles. The number of amides is 1. The van der Waals surface area contributed by atoms with E-state index in [2.05, 4.69) is 30.7 Å². The second kappa shape index (κ2) is 11.2. The van der Waals surface area contributed by atoms with Crippen LogP contribution < -0.4 is 10.6 Å². The van der Waals surface area contributed by atoms with Gasteiger partial charge in [0.25, 0.3) is 0 Å². The largest absolute Gasteiger partial charge is 0.444 e. The van der Waals surface area contributed by atoms with Crippen LogP contribution in [0.1, 0.15) is 53.9 Å². The van der Waals surface area contributed by atoms with Gasteiger partial charge in [-0.3, -0.25) is 0 Å². The molecule has 0 saturated heterocycles. The summed E-state index contributed by atoms with van der Waals surface area (Å²) in [6.45, 7) is 11.7. The molecule has 2 N–H and O–H groups in total. The van der Waals surface area contributed by atoms with Gasteiger partial charge in [-0.2, -0.15) is 11.8 Å². The van der Waals surface area contributed by atoms with Crippen molar-refractivity contribution in [2.45, 2.75) is 65.5 Å². The quantitative estimate of drug-likeness (QED) is 0.604. The van der Waals surface area contributed by atoms with Gasteiger partial charge in [0.1, 0.15) is 5.60 Å². The van der Waals surface area contributed by atoms with Crippen molar-refractivity contribution in [3.63, 3.8) is 0 Å². The third-order valence-electron chi connectivity index (χ3n) is 2.86. The Hall–Kier alpha value is -0.420. The minimum Gasteiger partial charge on any atom is -0.444 e. The molecule has 0 rings (SSSR count). The Labute approximate surface area is 135 Å². The van der Waals surface area contributed by atoms with E-state index >= 15 is 0 Å². The van der Waals surface area contributed by atoms with Crippen molar-refractivity contribution in [1.29, 1.82) is 0 Å². The predicted octanol–water partition coefficient (Wildman–Crippen LogP) is 3.66. The Bertz CT molecular complexity index is 278. The fraction of sp³-hybridized carbons (Fsp3) is 0.938. The van der Waals surface area contributed by atoms with Crippen LogP contribution >= 0.6 is 11.8 Å². The maximum atomic E-state index is 11.7. The molecule has 4 nitrogen and oxygen atoms in total. The number of nitrogens with one attached hydrogen (secondary N) is 2. The lowest BCUT2D eigenvalue weighted by Crippen LogP contribution is -2.43. The van der Waals surface area contributed by atoms with Gasteiger partial charge in [0, 0.05) is 12.6 Å². The third-order valence-corrected chi connectivity index (χ3v) is 3.55. The van der Waals surface area contributed by atoms with E-state index in [1.807, 2.05) is 32.5 Å². The summed E-state index contributed by atoms with van der Waals surface area (Å²) < 4.78 is 5.27. The van der Waals surface area contributed by atoms with Crippen LogP contribution in [0.2, 0.25) is 0 Å². The number of carbonyl (C=O) groups is 1. The lowest BCUT2D eigenvalue weighted by molar-refractivity contribution is 0.0521. The van der Waals surface area contributed by atoms with Crippen LogP contribution in [-0.2, 0) is 4.74 Å². The van der Waals surface area contributed by atoms with Crippen LogP contribution in [-0.4, -0.2) is 42.8 Å². The highest BCUT2D eigenvalue weighted by Crippen LogP contribution is 2.08. The van der Waals surface area contributed by atoms with E-state index in [1.165, 1.54) is 18.6 Å². The first kappa shape index (κ1) is 20.6. The minimum atomic E-state index is -0.442. The van der Waals surface area contributed by atoms with Crippen molar-refractivity contribution in [3.05, 3.63) is 0 Å². The van der Waals surface area contributed by atoms with Crippen LogP contribution in [0.3, 0.4) is 0 Å². The highest BCUT2D eigenvalue weighted by atomic mass is 32.2. The number of carbonyl (C=O) groups excluding carboxylic acids is 1. The van der Waals surface area contributed by atoms with Crippen LogP contribution in [0.25, 0.3) is 0 Å².